The number of hydrogen-bond donors (Lipinski definition) is 2. The summed E-state index contributed by atoms with van der Waals surface area (Å²) in [5.41, 5.74) is 0.101. The van der Waals surface area contributed by atoms with Crippen molar-refractivity contribution < 1.29 is 41.8 Å². The molecule has 0 saturated heterocycles. The average Bonchev–Trinajstić information content (AvgIpc) is 3.09. The number of carboxylic acids is 1. The number of carbonyl (C=O) groups excluding carboxylic acids is 2. The van der Waals surface area contributed by atoms with E-state index < -0.39 is 48.5 Å². The zero-order chi connectivity index (χ0) is 25.4. The number of alkyl halides is 3. The Morgan fingerprint density at radius 3 is 2.62 bits per heavy atom. The normalized spacial score (nSPS) is 15.0. The number of ether oxygens (including phenoxy) is 1. The number of carboxylic acid groups (broad SMARTS) is 1. The van der Waals surface area contributed by atoms with E-state index in [9.17, 15) is 37.1 Å². The molecule has 2 N–H and O–H groups in total. The highest BCUT2D eigenvalue weighted by atomic mass is 35.5. The third kappa shape index (κ3) is 5.19. The fourth-order valence-corrected chi connectivity index (χ4v) is 3.35. The van der Waals surface area contributed by atoms with Gasteiger partial charge >= 0.3 is 18.1 Å². The van der Waals surface area contributed by atoms with Gasteiger partial charge in [0.1, 0.15) is 18.5 Å². The van der Waals surface area contributed by atoms with Crippen LogP contribution >= 0.6 is 11.6 Å². The average molecular weight is 505 g/mol. The van der Waals surface area contributed by atoms with E-state index >= 15 is 0 Å². The van der Waals surface area contributed by atoms with Crippen molar-refractivity contribution in [1.29, 1.82) is 0 Å². The van der Waals surface area contributed by atoms with E-state index in [4.69, 9.17) is 11.6 Å². The van der Waals surface area contributed by atoms with Crippen LogP contribution in [0.2, 0.25) is 5.02 Å². The Morgan fingerprint density at radius 2 is 2.00 bits per heavy atom. The summed E-state index contributed by atoms with van der Waals surface area (Å²) < 4.78 is 55.7. The van der Waals surface area contributed by atoms with Crippen molar-refractivity contribution in [2.24, 2.45) is 0 Å². The molecule has 0 bridgehead atoms. The maximum atomic E-state index is 14.8. The molecule has 9 nitrogen and oxygen atoms in total. The van der Waals surface area contributed by atoms with Crippen molar-refractivity contribution in [3.05, 3.63) is 40.3 Å². The monoisotopic (exact) mass is 504 g/mol. The minimum Gasteiger partial charge on any atom is -0.480 e. The molecule has 0 fully saturated rings. The van der Waals surface area contributed by atoms with Crippen molar-refractivity contribution in [2.75, 3.05) is 11.9 Å². The lowest BCUT2D eigenvalue weighted by Gasteiger charge is -2.19. The van der Waals surface area contributed by atoms with Crippen LogP contribution in [-0.2, 0) is 20.9 Å². The maximum absolute atomic E-state index is 14.8. The molecule has 182 valence electrons. The minimum atomic E-state index is -5.13. The Hall–Kier alpha value is -3.48. The molecule has 2 aromatic rings. The predicted octanol–water partition coefficient (Wildman–Crippen LogP) is 3.27. The summed E-state index contributed by atoms with van der Waals surface area (Å²) in [6, 6.07) is 0.397. The van der Waals surface area contributed by atoms with Gasteiger partial charge in [-0.15, -0.1) is 0 Å². The molecular weight excluding hydrogens is 488 g/mol. The Balaban J connectivity index is 1.83. The molecule has 2 heterocycles. The lowest BCUT2D eigenvalue weighted by atomic mass is 10.0. The van der Waals surface area contributed by atoms with Crippen molar-refractivity contribution in [2.45, 2.75) is 38.7 Å². The number of amides is 1. The number of esters is 1. The number of fused-ring (bicyclic) bond motifs is 1. The minimum absolute atomic E-state index is 0.0118. The second-order valence-corrected chi connectivity index (χ2v) is 7.87. The smallest absolute Gasteiger partial charge is 0.480 e. The number of benzene rings is 1. The first-order valence-corrected chi connectivity index (χ1v) is 10.1. The van der Waals surface area contributed by atoms with Crippen molar-refractivity contribution in [3.63, 3.8) is 0 Å². The van der Waals surface area contributed by atoms with Gasteiger partial charge in [-0.05, 0) is 26.0 Å². The third-order valence-electron chi connectivity index (χ3n) is 4.93. The topological polar surface area (TPSA) is 122 Å². The molecule has 0 spiro atoms. The number of aliphatic carboxylic acids is 1. The van der Waals surface area contributed by atoms with Gasteiger partial charge in [-0.25, -0.2) is 23.9 Å². The van der Waals surface area contributed by atoms with E-state index in [0.29, 0.717) is 0 Å². The number of rotatable bonds is 7. The molecule has 2 atom stereocenters. The van der Waals surface area contributed by atoms with E-state index in [1.807, 2.05) is 0 Å². The largest absolute Gasteiger partial charge is 0.490 e. The van der Waals surface area contributed by atoms with Gasteiger partial charge in [-0.2, -0.15) is 13.2 Å². The molecular formula is C20H17ClF4N4O5. The zero-order valence-corrected chi connectivity index (χ0v) is 18.4. The van der Waals surface area contributed by atoms with E-state index in [2.05, 4.69) is 20.0 Å². The SMILES string of the molecule is C[C@H](C(=O)O)N1Cc2c(F)cc(-c3nc(N[C@@H](C)COC(=O)C(F)(F)F)ncc3Cl)cc2C1=O. The Kier molecular flexibility index (Phi) is 6.96. The Labute approximate surface area is 194 Å². The second kappa shape index (κ2) is 9.41. The van der Waals surface area contributed by atoms with E-state index in [1.165, 1.54) is 19.9 Å². The molecule has 0 unspecified atom stereocenters. The van der Waals surface area contributed by atoms with Crippen LogP contribution in [0.25, 0.3) is 11.3 Å². The molecule has 1 amide bonds. The standard InChI is InChI=1S/C20H17ClF4N4O5/c1-8(7-34-18(33)20(23,24)25)27-19-26-5-13(21)15(28-19)10-3-11-12(14(22)4-10)6-29(16(11)30)9(2)17(31)32/h3-5,8-9H,6-7H2,1-2H3,(H,31,32)(H,26,27,28)/t8-,9+/m0/s1. The fraction of sp³-hybridized carbons (Fsp3) is 0.350. The summed E-state index contributed by atoms with van der Waals surface area (Å²) in [7, 11) is 0. The molecule has 34 heavy (non-hydrogen) atoms. The molecule has 1 aliphatic rings. The van der Waals surface area contributed by atoms with Crippen LogP contribution in [0.15, 0.2) is 18.3 Å². The summed E-state index contributed by atoms with van der Waals surface area (Å²) in [5.74, 6) is -5.13. The van der Waals surface area contributed by atoms with Crippen molar-refractivity contribution in [1.82, 2.24) is 14.9 Å². The van der Waals surface area contributed by atoms with Crippen LogP contribution in [0.4, 0.5) is 23.5 Å². The van der Waals surface area contributed by atoms with Crippen LogP contribution in [0.5, 0.6) is 0 Å². The Morgan fingerprint density at radius 1 is 1.32 bits per heavy atom. The number of carbonyl (C=O) groups is 3. The molecule has 0 saturated carbocycles. The van der Waals surface area contributed by atoms with Gasteiger partial charge in [0, 0.05) is 16.7 Å². The van der Waals surface area contributed by atoms with Gasteiger partial charge < -0.3 is 20.1 Å². The quantitative estimate of drug-likeness (QED) is 0.435. The van der Waals surface area contributed by atoms with Crippen molar-refractivity contribution in [3.8, 4) is 11.3 Å². The highest BCUT2D eigenvalue weighted by Crippen LogP contribution is 2.34. The van der Waals surface area contributed by atoms with Crippen LogP contribution in [0.3, 0.4) is 0 Å². The van der Waals surface area contributed by atoms with E-state index in [-0.39, 0.29) is 39.9 Å². The maximum Gasteiger partial charge on any atom is 0.490 e. The molecule has 3 rings (SSSR count). The summed E-state index contributed by atoms with van der Waals surface area (Å²) in [4.78, 5) is 43.8. The third-order valence-corrected chi connectivity index (χ3v) is 5.21. The lowest BCUT2D eigenvalue weighted by Crippen LogP contribution is -2.38. The van der Waals surface area contributed by atoms with Crippen LogP contribution < -0.4 is 5.32 Å². The van der Waals surface area contributed by atoms with Gasteiger partial charge in [0.15, 0.2) is 0 Å². The van der Waals surface area contributed by atoms with Gasteiger partial charge in [0.2, 0.25) is 5.95 Å². The van der Waals surface area contributed by atoms with Gasteiger partial charge in [0.05, 0.1) is 29.5 Å². The summed E-state index contributed by atoms with van der Waals surface area (Å²) in [6.45, 7) is 1.86. The first-order chi connectivity index (χ1) is 15.8. The first-order valence-electron chi connectivity index (χ1n) is 9.69. The lowest BCUT2D eigenvalue weighted by molar-refractivity contribution is -0.199. The second-order valence-electron chi connectivity index (χ2n) is 7.46. The van der Waals surface area contributed by atoms with Gasteiger partial charge in [-0.1, -0.05) is 11.6 Å². The number of nitrogens with zero attached hydrogens (tertiary/aromatic N) is 3. The molecule has 1 aliphatic heterocycles. The van der Waals surface area contributed by atoms with E-state index in [0.717, 1.165) is 17.2 Å². The summed E-state index contributed by atoms with van der Waals surface area (Å²) in [5, 5.41) is 11.8. The summed E-state index contributed by atoms with van der Waals surface area (Å²) in [6.07, 6.45) is -3.97. The molecule has 1 aromatic heterocycles. The number of nitrogens with one attached hydrogen (secondary N) is 1. The van der Waals surface area contributed by atoms with Gasteiger partial charge in [-0.3, -0.25) is 4.79 Å². The van der Waals surface area contributed by atoms with Crippen molar-refractivity contribution >= 4 is 35.4 Å². The van der Waals surface area contributed by atoms with Gasteiger partial charge in [0.25, 0.3) is 5.91 Å². The fourth-order valence-electron chi connectivity index (χ4n) is 3.15. The highest BCUT2D eigenvalue weighted by molar-refractivity contribution is 6.33. The number of hydrogen-bond acceptors (Lipinski definition) is 7. The number of anilines is 1. The van der Waals surface area contributed by atoms with Crippen LogP contribution in [-0.4, -0.2) is 62.7 Å². The molecule has 1 aromatic carbocycles. The first kappa shape index (κ1) is 25.1. The van der Waals surface area contributed by atoms with Crippen LogP contribution in [0, 0.1) is 5.82 Å². The number of aromatic nitrogens is 2. The number of halogens is 5. The Bertz CT molecular complexity index is 1160. The predicted molar refractivity (Wildman–Crippen MR) is 110 cm³/mol. The van der Waals surface area contributed by atoms with Crippen LogP contribution in [0.1, 0.15) is 29.8 Å². The molecule has 0 radical (unpaired) electrons. The van der Waals surface area contributed by atoms with E-state index in [1.54, 1.807) is 0 Å². The molecule has 0 aliphatic carbocycles. The summed E-state index contributed by atoms with van der Waals surface area (Å²) >= 11 is 6.14. The zero-order valence-electron chi connectivity index (χ0n) is 17.6. The highest BCUT2D eigenvalue weighted by Gasteiger charge is 2.41. The molecule has 14 heteroatoms.